The molecule has 0 saturated heterocycles. The molecule has 0 radical (unpaired) electrons. The third-order valence-electron chi connectivity index (χ3n) is 6.58. The number of phenolic OH excluding ortho intramolecular Hbond substituents is 1. The molecule has 1 N–H and O–H groups in total. The summed E-state index contributed by atoms with van der Waals surface area (Å²) in [7, 11) is 0. The van der Waals surface area contributed by atoms with E-state index in [0.717, 1.165) is 44.1 Å². The highest BCUT2D eigenvalue weighted by Crippen LogP contribution is 2.65. The normalized spacial score (nSPS) is 33.8. The zero-order valence-electron chi connectivity index (χ0n) is 15.1. The van der Waals surface area contributed by atoms with Gasteiger partial charge in [-0.1, -0.05) is 12.1 Å². The monoisotopic (exact) mass is 415 g/mol. The molecule has 9 heteroatoms. The van der Waals surface area contributed by atoms with Crippen molar-refractivity contribution in [2.45, 2.75) is 49.2 Å². The average Bonchev–Trinajstić information content (AvgIpc) is 2.64. The number of benzene rings is 1. The number of halogens is 2. The zero-order valence-corrected chi connectivity index (χ0v) is 15.9. The number of alkyl halides is 2. The SMILES string of the molecule is O=C(OCC12CC3CC(C1)CC(c1ccc(O)cc1)(C3)C2)C(F)(F)SOO[O-]. The predicted molar refractivity (Wildman–Crippen MR) is 92.6 cm³/mol. The second-order valence-corrected chi connectivity index (χ2v) is 9.42. The van der Waals surface area contributed by atoms with Crippen molar-refractivity contribution in [1.82, 2.24) is 0 Å². The fourth-order valence-corrected chi connectivity index (χ4v) is 6.41. The molecular weight excluding hydrogens is 394 g/mol. The molecule has 2 unspecified atom stereocenters. The van der Waals surface area contributed by atoms with E-state index in [1.165, 1.54) is 0 Å². The van der Waals surface area contributed by atoms with Crippen LogP contribution in [0.1, 0.15) is 44.1 Å². The number of phenols is 1. The van der Waals surface area contributed by atoms with Crippen LogP contribution in [0.4, 0.5) is 8.78 Å². The van der Waals surface area contributed by atoms with Crippen molar-refractivity contribution < 1.29 is 38.0 Å². The van der Waals surface area contributed by atoms with Gasteiger partial charge in [0.05, 0.1) is 6.61 Å². The van der Waals surface area contributed by atoms with Crippen molar-refractivity contribution in [3.63, 3.8) is 0 Å². The van der Waals surface area contributed by atoms with E-state index >= 15 is 0 Å². The molecule has 154 valence electrons. The fourth-order valence-electron chi connectivity index (χ4n) is 6.17. The zero-order chi connectivity index (χ0) is 20.0. The molecule has 6 nitrogen and oxygen atoms in total. The maximum Gasteiger partial charge on any atom is 0.415 e. The predicted octanol–water partition coefficient (Wildman–Crippen LogP) is 3.24. The summed E-state index contributed by atoms with van der Waals surface area (Å²) in [6, 6.07) is 7.23. The molecule has 28 heavy (non-hydrogen) atoms. The molecule has 5 rings (SSSR count). The number of ether oxygens (including phenoxy) is 1. The van der Waals surface area contributed by atoms with Crippen LogP contribution in [-0.2, 0) is 24.3 Å². The maximum absolute atomic E-state index is 13.7. The molecular formula is C19H21F2O6S-. The summed E-state index contributed by atoms with van der Waals surface area (Å²) in [5.41, 5.74) is 0.756. The molecule has 4 bridgehead atoms. The Hall–Kier alpha value is -1.42. The maximum atomic E-state index is 13.7. The molecule has 4 aliphatic rings. The fraction of sp³-hybridized carbons (Fsp3) is 0.632. The Morgan fingerprint density at radius 3 is 2.46 bits per heavy atom. The van der Waals surface area contributed by atoms with Crippen LogP contribution in [0.15, 0.2) is 24.3 Å². The molecule has 0 aliphatic heterocycles. The summed E-state index contributed by atoms with van der Waals surface area (Å²) in [4.78, 5) is 11.8. The number of carbonyl (C=O) groups is 1. The van der Waals surface area contributed by atoms with Gasteiger partial charge in [0, 0.05) is 5.41 Å². The van der Waals surface area contributed by atoms with Crippen molar-refractivity contribution in [2.24, 2.45) is 17.3 Å². The van der Waals surface area contributed by atoms with E-state index in [2.05, 4.69) is 9.37 Å². The summed E-state index contributed by atoms with van der Waals surface area (Å²) in [5.74, 6) is -0.577. The Balaban J connectivity index is 1.50. The van der Waals surface area contributed by atoms with Gasteiger partial charge < -0.3 is 15.1 Å². The van der Waals surface area contributed by atoms with Crippen molar-refractivity contribution in [3.05, 3.63) is 29.8 Å². The van der Waals surface area contributed by atoms with Gasteiger partial charge in [-0.25, -0.2) is 4.79 Å². The standard InChI is InChI=1S/C19H22F2O6S/c20-19(21,28-27-26-24)16(23)25-11-17-6-12-5-13(7-17)9-18(8-12,10-17)14-1-3-15(22)4-2-14/h1-4,12-13,22,24H,5-11H2/p-1. The molecule has 0 aromatic heterocycles. The second-order valence-electron chi connectivity index (χ2n) is 8.60. The Morgan fingerprint density at radius 2 is 1.86 bits per heavy atom. The van der Waals surface area contributed by atoms with Gasteiger partial charge in [-0.2, -0.15) is 13.1 Å². The molecule has 0 amide bonds. The van der Waals surface area contributed by atoms with E-state index in [-0.39, 0.29) is 23.2 Å². The van der Waals surface area contributed by atoms with Crippen molar-refractivity contribution in [1.29, 1.82) is 0 Å². The summed E-state index contributed by atoms with van der Waals surface area (Å²) < 4.78 is 35.9. The summed E-state index contributed by atoms with van der Waals surface area (Å²) >= 11 is -0.665. The first kappa shape index (κ1) is 19.9. The average molecular weight is 415 g/mol. The van der Waals surface area contributed by atoms with Crippen LogP contribution in [-0.4, -0.2) is 22.9 Å². The van der Waals surface area contributed by atoms with Crippen LogP contribution >= 0.6 is 12.0 Å². The van der Waals surface area contributed by atoms with Gasteiger partial charge in [-0.05, 0) is 73.5 Å². The van der Waals surface area contributed by atoms with Crippen LogP contribution in [0.3, 0.4) is 0 Å². The van der Waals surface area contributed by atoms with Gasteiger partial charge in [0.1, 0.15) is 17.8 Å². The Morgan fingerprint density at radius 1 is 1.21 bits per heavy atom. The highest BCUT2D eigenvalue weighted by molar-refractivity contribution is 7.96. The van der Waals surface area contributed by atoms with E-state index in [1.54, 1.807) is 12.1 Å². The number of hydrogen-bond acceptors (Lipinski definition) is 7. The summed E-state index contributed by atoms with van der Waals surface area (Å²) in [5, 5.41) is 18.2. The van der Waals surface area contributed by atoms with Crippen molar-refractivity contribution in [3.8, 4) is 5.75 Å². The molecule has 4 fully saturated rings. The second kappa shape index (κ2) is 7.12. The minimum absolute atomic E-state index is 0.0685. The first-order valence-corrected chi connectivity index (χ1v) is 9.99. The topological polar surface area (TPSA) is 88.1 Å². The van der Waals surface area contributed by atoms with Gasteiger partial charge in [0.2, 0.25) is 0 Å². The third-order valence-corrected chi connectivity index (χ3v) is 7.08. The minimum Gasteiger partial charge on any atom is -0.691 e. The van der Waals surface area contributed by atoms with E-state index in [0.29, 0.717) is 11.8 Å². The highest BCUT2D eigenvalue weighted by Gasteiger charge is 2.59. The number of rotatable bonds is 7. The molecule has 0 heterocycles. The number of carbonyl (C=O) groups excluding carboxylic acids is 1. The summed E-state index contributed by atoms with van der Waals surface area (Å²) in [6.45, 7) is -0.0763. The number of aromatic hydroxyl groups is 1. The van der Waals surface area contributed by atoms with E-state index in [4.69, 9.17) is 4.74 Å². The molecule has 4 saturated carbocycles. The lowest BCUT2D eigenvalue weighted by Crippen LogP contribution is -2.55. The van der Waals surface area contributed by atoms with Crippen LogP contribution in [0.25, 0.3) is 0 Å². The first-order valence-electron chi connectivity index (χ1n) is 9.25. The van der Waals surface area contributed by atoms with Crippen LogP contribution in [0.5, 0.6) is 5.75 Å². The van der Waals surface area contributed by atoms with Gasteiger partial charge >= 0.3 is 11.2 Å². The summed E-state index contributed by atoms with van der Waals surface area (Å²) in [6.07, 6.45) is 5.67. The van der Waals surface area contributed by atoms with Gasteiger partial charge in [0.25, 0.3) is 0 Å². The van der Waals surface area contributed by atoms with Gasteiger partial charge in [-0.3, -0.25) is 5.04 Å². The molecule has 2 atom stereocenters. The molecule has 0 spiro atoms. The Kier molecular flexibility index (Phi) is 5.06. The van der Waals surface area contributed by atoms with E-state index < -0.39 is 23.3 Å². The lowest BCUT2D eigenvalue weighted by Gasteiger charge is -2.62. The first-order chi connectivity index (χ1) is 13.3. The third kappa shape index (κ3) is 3.60. The molecule has 1 aromatic carbocycles. The lowest BCUT2D eigenvalue weighted by molar-refractivity contribution is -0.777. The van der Waals surface area contributed by atoms with Gasteiger partial charge in [0.15, 0.2) is 0 Å². The minimum atomic E-state index is -4.01. The smallest absolute Gasteiger partial charge is 0.415 e. The largest absolute Gasteiger partial charge is 0.691 e. The lowest BCUT2D eigenvalue weighted by atomic mass is 9.43. The Labute approximate surface area is 165 Å². The number of esters is 1. The van der Waals surface area contributed by atoms with Crippen LogP contribution in [0, 0.1) is 17.3 Å². The van der Waals surface area contributed by atoms with Crippen molar-refractivity contribution >= 4 is 18.0 Å². The van der Waals surface area contributed by atoms with Gasteiger partial charge in [-0.15, -0.1) is 0 Å². The van der Waals surface area contributed by atoms with Crippen LogP contribution < -0.4 is 5.26 Å². The molecule has 1 aromatic rings. The van der Waals surface area contributed by atoms with Crippen molar-refractivity contribution in [2.75, 3.05) is 6.61 Å². The molecule has 4 aliphatic carbocycles. The highest BCUT2D eigenvalue weighted by atomic mass is 32.2. The quantitative estimate of drug-likeness (QED) is 0.317. The number of hydrogen-bond donors (Lipinski definition) is 1. The Bertz CT molecular complexity index is 726. The van der Waals surface area contributed by atoms with Crippen LogP contribution in [0.2, 0.25) is 0 Å². The van der Waals surface area contributed by atoms with E-state index in [9.17, 15) is 23.9 Å². The van der Waals surface area contributed by atoms with E-state index in [1.807, 2.05) is 12.1 Å².